The van der Waals surface area contributed by atoms with Gasteiger partial charge in [0.25, 0.3) is 5.91 Å². The zero-order chi connectivity index (χ0) is 13.1. The van der Waals surface area contributed by atoms with Crippen LogP contribution in [0.2, 0.25) is 0 Å². The maximum atomic E-state index is 12.6. The first kappa shape index (κ1) is 14.4. The van der Waals surface area contributed by atoms with Crippen LogP contribution < -0.4 is 0 Å². The summed E-state index contributed by atoms with van der Waals surface area (Å²) in [7, 11) is 0. The number of amides is 1. The Bertz CT molecular complexity index is 453. The van der Waals surface area contributed by atoms with Gasteiger partial charge >= 0.3 is 0 Å². The van der Waals surface area contributed by atoms with Gasteiger partial charge in [-0.25, -0.2) is 0 Å². The van der Waals surface area contributed by atoms with Gasteiger partial charge in [0, 0.05) is 27.4 Å². The third kappa shape index (κ3) is 3.09. The van der Waals surface area contributed by atoms with Crippen LogP contribution in [0, 0.1) is 0 Å². The molecule has 0 spiro atoms. The number of benzene rings is 1. The molecule has 0 aromatic heterocycles. The van der Waals surface area contributed by atoms with Crippen molar-refractivity contribution in [3.05, 3.63) is 32.7 Å². The molecule has 98 valence electrons. The predicted octanol–water partition coefficient (Wildman–Crippen LogP) is 4.45. The van der Waals surface area contributed by atoms with Crippen molar-refractivity contribution in [2.75, 3.05) is 12.4 Å². The van der Waals surface area contributed by atoms with Gasteiger partial charge in [0.05, 0.1) is 5.56 Å². The van der Waals surface area contributed by atoms with Gasteiger partial charge in [0.2, 0.25) is 0 Å². The molecule has 0 radical (unpaired) electrons. The SMILES string of the molecule is O=C(c1cc(Br)ccc1Br)N1CCCCC1CCl. The van der Waals surface area contributed by atoms with Crippen molar-refractivity contribution in [3.63, 3.8) is 0 Å². The van der Waals surface area contributed by atoms with Crippen LogP contribution in [0.4, 0.5) is 0 Å². The lowest BCUT2D eigenvalue weighted by atomic mass is 10.0. The number of carbonyl (C=O) groups excluding carboxylic acids is 1. The quantitative estimate of drug-likeness (QED) is 0.678. The number of halogens is 3. The van der Waals surface area contributed by atoms with Gasteiger partial charge in [-0.05, 0) is 53.4 Å². The second-order valence-electron chi connectivity index (χ2n) is 4.43. The number of rotatable bonds is 2. The summed E-state index contributed by atoms with van der Waals surface area (Å²) in [4.78, 5) is 14.5. The standard InChI is InChI=1S/C13H14Br2ClNO/c14-9-4-5-12(15)11(7-9)13(18)17-6-2-1-3-10(17)8-16/h4-5,7,10H,1-3,6,8H2. The van der Waals surface area contributed by atoms with Crippen LogP contribution in [0.3, 0.4) is 0 Å². The van der Waals surface area contributed by atoms with Crippen LogP contribution in [-0.4, -0.2) is 29.3 Å². The number of piperidine rings is 1. The van der Waals surface area contributed by atoms with Gasteiger partial charge in [-0.3, -0.25) is 4.79 Å². The highest BCUT2D eigenvalue weighted by molar-refractivity contribution is 9.11. The number of carbonyl (C=O) groups is 1. The molecule has 1 amide bonds. The van der Waals surface area contributed by atoms with E-state index < -0.39 is 0 Å². The highest BCUT2D eigenvalue weighted by Gasteiger charge is 2.27. The first-order valence-corrected chi connectivity index (χ1v) is 8.07. The van der Waals surface area contributed by atoms with Gasteiger partial charge in [-0.2, -0.15) is 0 Å². The van der Waals surface area contributed by atoms with Crippen LogP contribution in [0.15, 0.2) is 27.1 Å². The summed E-state index contributed by atoms with van der Waals surface area (Å²) in [6, 6.07) is 5.82. The Hall–Kier alpha value is -0.0600. The Labute approximate surface area is 129 Å². The summed E-state index contributed by atoms with van der Waals surface area (Å²) in [5.74, 6) is 0.575. The Balaban J connectivity index is 2.26. The molecule has 1 unspecified atom stereocenters. The molecule has 1 atom stereocenters. The summed E-state index contributed by atoms with van der Waals surface area (Å²) < 4.78 is 1.74. The second-order valence-corrected chi connectivity index (χ2v) is 6.51. The minimum Gasteiger partial charge on any atom is -0.334 e. The smallest absolute Gasteiger partial charge is 0.255 e. The van der Waals surface area contributed by atoms with E-state index in [0.717, 1.165) is 34.8 Å². The Morgan fingerprint density at radius 2 is 2.17 bits per heavy atom. The molecule has 18 heavy (non-hydrogen) atoms. The van der Waals surface area contributed by atoms with E-state index in [9.17, 15) is 4.79 Å². The van der Waals surface area contributed by atoms with Crippen molar-refractivity contribution in [2.24, 2.45) is 0 Å². The topological polar surface area (TPSA) is 20.3 Å². The van der Waals surface area contributed by atoms with Gasteiger partial charge < -0.3 is 4.90 Å². The first-order valence-electron chi connectivity index (χ1n) is 5.95. The molecule has 0 N–H and O–H groups in total. The molecule has 1 aliphatic heterocycles. The normalized spacial score (nSPS) is 19.9. The van der Waals surface area contributed by atoms with Crippen LogP contribution in [0.25, 0.3) is 0 Å². The van der Waals surface area contributed by atoms with Crippen LogP contribution >= 0.6 is 43.5 Å². The third-order valence-corrected chi connectivity index (χ3v) is 4.77. The molecule has 0 bridgehead atoms. The average Bonchev–Trinajstić information content (AvgIpc) is 2.40. The fourth-order valence-corrected chi connectivity index (χ4v) is 3.34. The maximum Gasteiger partial charge on any atom is 0.255 e. The van der Waals surface area contributed by atoms with E-state index >= 15 is 0 Å². The highest BCUT2D eigenvalue weighted by Crippen LogP contribution is 2.26. The lowest BCUT2D eigenvalue weighted by Gasteiger charge is -2.34. The van der Waals surface area contributed by atoms with E-state index in [-0.39, 0.29) is 11.9 Å². The Morgan fingerprint density at radius 1 is 1.39 bits per heavy atom. The maximum absolute atomic E-state index is 12.6. The Morgan fingerprint density at radius 3 is 2.89 bits per heavy atom. The van der Waals surface area contributed by atoms with E-state index in [0.29, 0.717) is 11.4 Å². The fourth-order valence-electron chi connectivity index (χ4n) is 2.24. The molecule has 5 heteroatoms. The van der Waals surface area contributed by atoms with Gasteiger partial charge in [-0.1, -0.05) is 15.9 Å². The predicted molar refractivity (Wildman–Crippen MR) is 81.2 cm³/mol. The molecular weight excluding hydrogens is 381 g/mol. The summed E-state index contributed by atoms with van der Waals surface area (Å²) in [5, 5.41) is 0. The number of hydrogen-bond acceptors (Lipinski definition) is 1. The van der Waals surface area contributed by atoms with Crippen LogP contribution in [0.1, 0.15) is 29.6 Å². The van der Waals surface area contributed by atoms with E-state index in [2.05, 4.69) is 31.9 Å². The minimum atomic E-state index is 0.0634. The van der Waals surface area contributed by atoms with Gasteiger partial charge in [-0.15, -0.1) is 11.6 Å². The summed E-state index contributed by atoms with van der Waals surface area (Å²) >= 11 is 12.8. The molecule has 1 fully saturated rings. The molecular formula is C13H14Br2ClNO. The molecule has 2 rings (SSSR count). The van der Waals surface area contributed by atoms with Crippen molar-refractivity contribution in [3.8, 4) is 0 Å². The fraction of sp³-hybridized carbons (Fsp3) is 0.462. The summed E-state index contributed by atoms with van der Waals surface area (Å²) in [6.07, 6.45) is 3.21. The van der Waals surface area contributed by atoms with E-state index in [1.165, 1.54) is 0 Å². The summed E-state index contributed by atoms with van der Waals surface area (Å²) in [5.41, 5.74) is 0.696. The van der Waals surface area contributed by atoms with Gasteiger partial charge in [0.1, 0.15) is 0 Å². The Kier molecular flexibility index (Phi) is 5.10. The first-order chi connectivity index (χ1) is 8.63. The lowest BCUT2D eigenvalue weighted by molar-refractivity contribution is 0.0638. The molecule has 1 saturated heterocycles. The van der Waals surface area contributed by atoms with E-state index in [1.54, 1.807) is 0 Å². The summed E-state index contributed by atoms with van der Waals surface area (Å²) in [6.45, 7) is 0.801. The van der Waals surface area contributed by atoms with Crippen molar-refractivity contribution >= 4 is 49.4 Å². The van der Waals surface area contributed by atoms with Crippen LogP contribution in [0.5, 0.6) is 0 Å². The number of nitrogens with zero attached hydrogens (tertiary/aromatic N) is 1. The zero-order valence-electron chi connectivity index (χ0n) is 9.83. The largest absolute Gasteiger partial charge is 0.334 e. The van der Waals surface area contributed by atoms with Crippen molar-refractivity contribution < 1.29 is 4.79 Å². The molecule has 1 aromatic carbocycles. The van der Waals surface area contributed by atoms with Crippen molar-refractivity contribution in [1.29, 1.82) is 0 Å². The van der Waals surface area contributed by atoms with Crippen LogP contribution in [-0.2, 0) is 0 Å². The third-order valence-electron chi connectivity index (χ3n) is 3.22. The minimum absolute atomic E-state index is 0.0634. The zero-order valence-corrected chi connectivity index (χ0v) is 13.8. The van der Waals surface area contributed by atoms with Crippen molar-refractivity contribution in [2.45, 2.75) is 25.3 Å². The molecule has 0 aliphatic carbocycles. The number of likely N-dealkylation sites (tertiary alicyclic amines) is 1. The molecule has 2 nitrogen and oxygen atoms in total. The van der Waals surface area contributed by atoms with E-state index in [1.807, 2.05) is 23.1 Å². The molecule has 1 aromatic rings. The van der Waals surface area contributed by atoms with Gasteiger partial charge in [0.15, 0.2) is 0 Å². The average molecular weight is 396 g/mol. The van der Waals surface area contributed by atoms with Crippen molar-refractivity contribution in [1.82, 2.24) is 4.90 Å². The molecule has 0 saturated carbocycles. The molecule has 1 aliphatic rings. The van der Waals surface area contributed by atoms with E-state index in [4.69, 9.17) is 11.6 Å². The number of alkyl halides is 1. The number of hydrogen-bond donors (Lipinski definition) is 0. The lowest BCUT2D eigenvalue weighted by Crippen LogP contribution is -2.44. The highest BCUT2D eigenvalue weighted by atomic mass is 79.9. The molecule has 1 heterocycles. The monoisotopic (exact) mass is 393 g/mol. The second kappa shape index (κ2) is 6.40.